The third kappa shape index (κ3) is 5.20. The molecule has 1 aliphatic heterocycles. The highest BCUT2D eigenvalue weighted by molar-refractivity contribution is 7.90. The number of sulfone groups is 1. The van der Waals surface area contributed by atoms with Crippen molar-refractivity contribution in [3.63, 3.8) is 0 Å². The average molecular weight is 391 g/mol. The van der Waals surface area contributed by atoms with Gasteiger partial charge in [0.15, 0.2) is 9.84 Å². The van der Waals surface area contributed by atoms with Crippen LogP contribution in [-0.4, -0.2) is 45.1 Å². The number of furan rings is 1. The monoisotopic (exact) mass is 390 g/mol. The molecule has 7 heteroatoms. The SMILES string of the molecule is CS(=O)(=O)c1cccc(C(=O)NCC(c2ccco2)N2CCCCCC2)c1. The minimum absolute atomic E-state index is 0.0276. The van der Waals surface area contributed by atoms with Gasteiger partial charge in [-0.3, -0.25) is 9.69 Å². The van der Waals surface area contributed by atoms with Gasteiger partial charge in [0.05, 0.1) is 17.2 Å². The molecule has 1 aromatic heterocycles. The maximum Gasteiger partial charge on any atom is 0.251 e. The largest absolute Gasteiger partial charge is 0.468 e. The van der Waals surface area contributed by atoms with Crippen LogP contribution in [0.3, 0.4) is 0 Å². The summed E-state index contributed by atoms with van der Waals surface area (Å²) in [6.07, 6.45) is 7.52. The van der Waals surface area contributed by atoms with Crippen molar-refractivity contribution < 1.29 is 17.6 Å². The fraction of sp³-hybridized carbons (Fsp3) is 0.450. The van der Waals surface area contributed by atoms with E-state index in [2.05, 4.69) is 10.2 Å². The van der Waals surface area contributed by atoms with Crippen LogP contribution in [0.25, 0.3) is 0 Å². The Labute approximate surface area is 160 Å². The Morgan fingerprint density at radius 2 is 1.89 bits per heavy atom. The van der Waals surface area contributed by atoms with E-state index in [9.17, 15) is 13.2 Å². The van der Waals surface area contributed by atoms with Gasteiger partial charge in [-0.05, 0) is 56.3 Å². The average Bonchev–Trinajstić information content (AvgIpc) is 3.04. The predicted octanol–water partition coefficient (Wildman–Crippen LogP) is 3.03. The standard InChI is InChI=1S/C20H26N2O4S/c1-27(24,25)17-9-6-8-16(14-17)20(23)21-15-18(19-10-7-13-26-19)22-11-4-2-3-5-12-22/h6-10,13-14,18H,2-5,11-12,15H2,1H3,(H,21,23). The molecule has 0 radical (unpaired) electrons. The topological polar surface area (TPSA) is 79.6 Å². The van der Waals surface area contributed by atoms with Crippen molar-refractivity contribution in [2.75, 3.05) is 25.9 Å². The van der Waals surface area contributed by atoms with Gasteiger partial charge in [0.25, 0.3) is 5.91 Å². The molecular formula is C20H26N2O4S. The second-order valence-electron chi connectivity index (χ2n) is 6.99. The van der Waals surface area contributed by atoms with Gasteiger partial charge in [0, 0.05) is 18.4 Å². The second kappa shape index (κ2) is 8.71. The van der Waals surface area contributed by atoms with E-state index < -0.39 is 9.84 Å². The predicted molar refractivity (Wildman–Crippen MR) is 103 cm³/mol. The number of likely N-dealkylation sites (tertiary alicyclic amines) is 1. The third-order valence-corrected chi connectivity index (χ3v) is 6.04. The van der Waals surface area contributed by atoms with E-state index in [1.165, 1.54) is 25.0 Å². The van der Waals surface area contributed by atoms with Gasteiger partial charge < -0.3 is 9.73 Å². The number of carbonyl (C=O) groups is 1. The van der Waals surface area contributed by atoms with Crippen LogP contribution in [0.15, 0.2) is 52.0 Å². The molecule has 2 aromatic rings. The summed E-state index contributed by atoms with van der Waals surface area (Å²) in [7, 11) is -3.35. The molecule has 0 spiro atoms. The van der Waals surface area contributed by atoms with Crippen molar-refractivity contribution in [1.82, 2.24) is 10.2 Å². The third-order valence-electron chi connectivity index (χ3n) is 4.93. The molecule has 1 aromatic carbocycles. The number of hydrogen-bond donors (Lipinski definition) is 1. The lowest BCUT2D eigenvalue weighted by atomic mass is 10.1. The molecule has 146 valence electrons. The first-order chi connectivity index (χ1) is 12.9. The molecule has 0 bridgehead atoms. The van der Waals surface area contributed by atoms with Crippen molar-refractivity contribution in [2.24, 2.45) is 0 Å². The molecular weight excluding hydrogens is 364 g/mol. The molecule has 0 saturated carbocycles. The smallest absolute Gasteiger partial charge is 0.251 e. The Balaban J connectivity index is 1.72. The van der Waals surface area contributed by atoms with Crippen molar-refractivity contribution in [2.45, 2.75) is 36.6 Å². The highest BCUT2D eigenvalue weighted by Gasteiger charge is 2.24. The fourth-order valence-corrected chi connectivity index (χ4v) is 4.12. The van der Waals surface area contributed by atoms with Gasteiger partial charge >= 0.3 is 0 Å². The molecule has 1 atom stereocenters. The van der Waals surface area contributed by atoms with Crippen LogP contribution in [-0.2, 0) is 9.84 Å². The Morgan fingerprint density at radius 1 is 1.15 bits per heavy atom. The van der Waals surface area contributed by atoms with E-state index in [4.69, 9.17) is 4.42 Å². The summed E-state index contributed by atoms with van der Waals surface area (Å²) < 4.78 is 29.1. The Hall–Kier alpha value is -2.12. The van der Waals surface area contributed by atoms with Crippen molar-refractivity contribution in [3.8, 4) is 0 Å². The fourth-order valence-electron chi connectivity index (χ4n) is 3.46. The summed E-state index contributed by atoms with van der Waals surface area (Å²) >= 11 is 0. The van der Waals surface area contributed by atoms with Crippen LogP contribution in [0.5, 0.6) is 0 Å². The number of nitrogens with one attached hydrogen (secondary N) is 1. The number of nitrogens with zero attached hydrogens (tertiary/aromatic N) is 1. The molecule has 27 heavy (non-hydrogen) atoms. The van der Waals surface area contributed by atoms with Gasteiger partial charge in [0.2, 0.25) is 0 Å². The molecule has 1 aliphatic rings. The maximum absolute atomic E-state index is 12.6. The number of benzene rings is 1. The molecule has 1 fully saturated rings. The Kier molecular flexibility index (Phi) is 6.34. The Bertz CT molecular complexity index is 854. The Morgan fingerprint density at radius 3 is 2.52 bits per heavy atom. The first-order valence-electron chi connectivity index (χ1n) is 9.31. The van der Waals surface area contributed by atoms with E-state index in [1.54, 1.807) is 18.4 Å². The van der Waals surface area contributed by atoms with Gasteiger partial charge in [-0.2, -0.15) is 0 Å². The second-order valence-corrected chi connectivity index (χ2v) is 9.01. The highest BCUT2D eigenvalue weighted by Crippen LogP contribution is 2.24. The van der Waals surface area contributed by atoms with Crippen LogP contribution >= 0.6 is 0 Å². The summed E-state index contributed by atoms with van der Waals surface area (Å²) in [5, 5.41) is 2.95. The van der Waals surface area contributed by atoms with Crippen molar-refractivity contribution in [1.29, 1.82) is 0 Å². The van der Waals surface area contributed by atoms with E-state index in [0.29, 0.717) is 12.1 Å². The number of hydrogen-bond acceptors (Lipinski definition) is 5. The molecule has 1 amide bonds. The lowest BCUT2D eigenvalue weighted by Gasteiger charge is -2.29. The molecule has 6 nitrogen and oxygen atoms in total. The first kappa shape index (κ1) is 19.6. The zero-order chi connectivity index (χ0) is 19.3. The van der Waals surface area contributed by atoms with Gasteiger partial charge in [-0.15, -0.1) is 0 Å². The van der Waals surface area contributed by atoms with E-state index >= 15 is 0 Å². The minimum Gasteiger partial charge on any atom is -0.468 e. The van der Waals surface area contributed by atoms with Gasteiger partial charge in [-0.1, -0.05) is 18.9 Å². The summed E-state index contributed by atoms with van der Waals surface area (Å²) in [6, 6.07) is 9.89. The lowest BCUT2D eigenvalue weighted by molar-refractivity contribution is 0.0927. The summed E-state index contributed by atoms with van der Waals surface area (Å²) in [6.45, 7) is 2.37. The lowest BCUT2D eigenvalue weighted by Crippen LogP contribution is -2.38. The normalized spacial score (nSPS) is 17.2. The summed E-state index contributed by atoms with van der Waals surface area (Å²) in [5.41, 5.74) is 0.340. The van der Waals surface area contributed by atoms with Crippen molar-refractivity contribution in [3.05, 3.63) is 54.0 Å². The van der Waals surface area contributed by atoms with Crippen LogP contribution in [0.4, 0.5) is 0 Å². The molecule has 1 N–H and O–H groups in total. The molecule has 0 aliphatic carbocycles. The highest BCUT2D eigenvalue weighted by atomic mass is 32.2. The van der Waals surface area contributed by atoms with Crippen LogP contribution in [0.1, 0.15) is 47.8 Å². The van der Waals surface area contributed by atoms with Gasteiger partial charge in [-0.25, -0.2) is 8.42 Å². The number of carbonyl (C=O) groups excluding carboxylic acids is 1. The first-order valence-corrected chi connectivity index (χ1v) is 11.2. The van der Waals surface area contributed by atoms with E-state index in [0.717, 1.165) is 37.9 Å². The molecule has 1 unspecified atom stereocenters. The van der Waals surface area contributed by atoms with E-state index in [-0.39, 0.29) is 16.8 Å². The molecule has 2 heterocycles. The van der Waals surface area contributed by atoms with Crippen LogP contribution < -0.4 is 5.32 Å². The van der Waals surface area contributed by atoms with Crippen LogP contribution in [0.2, 0.25) is 0 Å². The molecule has 1 saturated heterocycles. The zero-order valence-corrected chi connectivity index (χ0v) is 16.4. The summed E-state index contributed by atoms with van der Waals surface area (Å²) in [5.74, 6) is 0.550. The summed E-state index contributed by atoms with van der Waals surface area (Å²) in [4.78, 5) is 15.1. The van der Waals surface area contributed by atoms with Crippen LogP contribution in [0, 0.1) is 0 Å². The zero-order valence-electron chi connectivity index (χ0n) is 15.6. The maximum atomic E-state index is 12.6. The quantitative estimate of drug-likeness (QED) is 0.820. The van der Waals surface area contributed by atoms with Crippen molar-refractivity contribution >= 4 is 15.7 Å². The molecule has 3 rings (SSSR count). The number of amides is 1. The minimum atomic E-state index is -3.35. The van der Waals surface area contributed by atoms with E-state index in [1.807, 2.05) is 12.1 Å². The number of rotatable bonds is 6. The van der Waals surface area contributed by atoms with Gasteiger partial charge in [0.1, 0.15) is 5.76 Å².